The summed E-state index contributed by atoms with van der Waals surface area (Å²) in [7, 11) is 1.52. The standard InChI is InChI=1S/C11H16N2O2/c1-7(2)10(15-3)9(14)8-5-4-6-13-11(8)12/h4-7,10H,1-3H3,(H2,12,13). The van der Waals surface area contributed by atoms with Crippen LogP contribution in [-0.4, -0.2) is 24.0 Å². The Hall–Kier alpha value is -1.42. The van der Waals surface area contributed by atoms with Crippen LogP contribution in [0.15, 0.2) is 18.3 Å². The summed E-state index contributed by atoms with van der Waals surface area (Å²) < 4.78 is 5.15. The first-order valence-corrected chi connectivity index (χ1v) is 4.85. The SMILES string of the molecule is COC(C(=O)c1cccnc1N)C(C)C. The van der Waals surface area contributed by atoms with Gasteiger partial charge in [0.05, 0.1) is 5.56 Å². The maximum Gasteiger partial charge on any atom is 0.195 e. The van der Waals surface area contributed by atoms with Crippen LogP contribution >= 0.6 is 0 Å². The maximum atomic E-state index is 12.0. The van der Waals surface area contributed by atoms with Crippen molar-refractivity contribution in [3.8, 4) is 0 Å². The van der Waals surface area contributed by atoms with Gasteiger partial charge in [-0.2, -0.15) is 0 Å². The number of pyridine rings is 1. The molecule has 1 unspecified atom stereocenters. The minimum Gasteiger partial charge on any atom is -0.383 e. The molecule has 1 aromatic rings. The predicted octanol–water partition coefficient (Wildman–Crippen LogP) is 1.52. The lowest BCUT2D eigenvalue weighted by atomic mass is 9.98. The summed E-state index contributed by atoms with van der Waals surface area (Å²) in [6, 6.07) is 3.36. The van der Waals surface area contributed by atoms with E-state index >= 15 is 0 Å². The number of nitrogens with two attached hydrogens (primary N) is 1. The minimum atomic E-state index is -0.462. The Bertz CT molecular complexity index is 350. The number of anilines is 1. The van der Waals surface area contributed by atoms with E-state index in [1.807, 2.05) is 13.8 Å². The van der Waals surface area contributed by atoms with Crippen LogP contribution in [0.5, 0.6) is 0 Å². The molecule has 82 valence electrons. The van der Waals surface area contributed by atoms with Crippen molar-refractivity contribution >= 4 is 11.6 Å². The number of ketones is 1. The van der Waals surface area contributed by atoms with Crippen molar-refractivity contribution in [1.82, 2.24) is 4.98 Å². The zero-order chi connectivity index (χ0) is 11.4. The van der Waals surface area contributed by atoms with E-state index in [2.05, 4.69) is 4.98 Å². The number of Topliss-reactive ketones (excluding diaryl/α,β-unsaturated/α-hetero) is 1. The minimum absolute atomic E-state index is 0.113. The van der Waals surface area contributed by atoms with Gasteiger partial charge in [0.15, 0.2) is 5.78 Å². The van der Waals surface area contributed by atoms with Gasteiger partial charge in [0.1, 0.15) is 11.9 Å². The molecule has 0 aliphatic heterocycles. The largest absolute Gasteiger partial charge is 0.383 e. The normalized spacial score (nSPS) is 12.8. The highest BCUT2D eigenvalue weighted by molar-refractivity contribution is 6.03. The number of ether oxygens (including phenoxy) is 1. The average molecular weight is 208 g/mol. The third kappa shape index (κ3) is 2.53. The van der Waals surface area contributed by atoms with Gasteiger partial charge in [-0.3, -0.25) is 4.79 Å². The molecule has 0 amide bonds. The van der Waals surface area contributed by atoms with Crippen LogP contribution in [0.2, 0.25) is 0 Å². The molecule has 1 aromatic heterocycles. The van der Waals surface area contributed by atoms with Gasteiger partial charge >= 0.3 is 0 Å². The van der Waals surface area contributed by atoms with Crippen LogP contribution < -0.4 is 5.73 Å². The van der Waals surface area contributed by atoms with Gasteiger partial charge in [0, 0.05) is 13.3 Å². The molecule has 4 heteroatoms. The van der Waals surface area contributed by atoms with E-state index in [1.165, 1.54) is 7.11 Å². The number of hydrogen-bond acceptors (Lipinski definition) is 4. The number of carbonyl (C=O) groups is 1. The Morgan fingerprint density at radius 2 is 2.20 bits per heavy atom. The lowest BCUT2D eigenvalue weighted by Crippen LogP contribution is -2.29. The third-order valence-corrected chi connectivity index (χ3v) is 2.22. The molecule has 15 heavy (non-hydrogen) atoms. The number of nitrogens with zero attached hydrogens (tertiary/aromatic N) is 1. The Kier molecular flexibility index (Phi) is 3.80. The number of carbonyl (C=O) groups excluding carboxylic acids is 1. The van der Waals surface area contributed by atoms with Gasteiger partial charge in [-0.05, 0) is 18.1 Å². The van der Waals surface area contributed by atoms with E-state index < -0.39 is 6.10 Å². The van der Waals surface area contributed by atoms with Crippen molar-refractivity contribution in [1.29, 1.82) is 0 Å². The molecule has 0 aromatic carbocycles. The summed E-state index contributed by atoms with van der Waals surface area (Å²) >= 11 is 0. The van der Waals surface area contributed by atoms with Crippen molar-refractivity contribution in [2.45, 2.75) is 20.0 Å². The van der Waals surface area contributed by atoms with Gasteiger partial charge in [-0.25, -0.2) is 4.98 Å². The molecule has 0 saturated carbocycles. The summed E-state index contributed by atoms with van der Waals surface area (Å²) in [5.41, 5.74) is 6.06. The number of rotatable bonds is 4. The van der Waals surface area contributed by atoms with E-state index in [9.17, 15) is 4.79 Å². The number of methoxy groups -OCH3 is 1. The molecule has 0 aliphatic carbocycles. The van der Waals surface area contributed by atoms with Crippen LogP contribution in [0.25, 0.3) is 0 Å². The molecule has 0 saturated heterocycles. The van der Waals surface area contributed by atoms with Crippen molar-refractivity contribution in [3.05, 3.63) is 23.9 Å². The molecule has 2 N–H and O–H groups in total. The zero-order valence-electron chi connectivity index (χ0n) is 9.23. The number of aromatic nitrogens is 1. The summed E-state index contributed by atoms with van der Waals surface area (Å²) in [6.07, 6.45) is 1.10. The molecule has 0 bridgehead atoms. The second-order valence-corrected chi connectivity index (χ2v) is 3.70. The average Bonchev–Trinajstić information content (AvgIpc) is 2.18. The Morgan fingerprint density at radius 1 is 1.53 bits per heavy atom. The van der Waals surface area contributed by atoms with Gasteiger partial charge < -0.3 is 10.5 Å². The van der Waals surface area contributed by atoms with Crippen molar-refractivity contribution in [2.24, 2.45) is 5.92 Å². The van der Waals surface area contributed by atoms with Crippen molar-refractivity contribution < 1.29 is 9.53 Å². The fraction of sp³-hybridized carbons (Fsp3) is 0.455. The van der Waals surface area contributed by atoms with Crippen molar-refractivity contribution in [2.75, 3.05) is 12.8 Å². The quantitative estimate of drug-likeness (QED) is 0.762. The molecule has 1 atom stereocenters. The molecule has 0 fully saturated rings. The molecule has 4 nitrogen and oxygen atoms in total. The number of hydrogen-bond donors (Lipinski definition) is 1. The highest BCUT2D eigenvalue weighted by Crippen LogP contribution is 2.16. The van der Waals surface area contributed by atoms with Gasteiger partial charge in [0.25, 0.3) is 0 Å². The van der Waals surface area contributed by atoms with Gasteiger partial charge in [0.2, 0.25) is 0 Å². The fourth-order valence-electron chi connectivity index (χ4n) is 1.46. The molecular weight excluding hydrogens is 192 g/mol. The highest BCUT2D eigenvalue weighted by atomic mass is 16.5. The van der Waals surface area contributed by atoms with Gasteiger partial charge in [-0.1, -0.05) is 13.8 Å². The summed E-state index contributed by atoms with van der Waals surface area (Å²) in [4.78, 5) is 15.9. The van der Waals surface area contributed by atoms with Crippen LogP contribution in [0.1, 0.15) is 24.2 Å². The molecule has 0 spiro atoms. The summed E-state index contributed by atoms with van der Waals surface area (Å²) in [5.74, 6) is 0.255. The Labute approximate surface area is 89.5 Å². The number of nitrogen functional groups attached to an aromatic ring is 1. The third-order valence-electron chi connectivity index (χ3n) is 2.22. The first-order chi connectivity index (χ1) is 7.07. The Morgan fingerprint density at radius 3 is 2.67 bits per heavy atom. The first-order valence-electron chi connectivity index (χ1n) is 4.85. The molecule has 0 aliphatic rings. The lowest BCUT2D eigenvalue weighted by Gasteiger charge is -2.18. The summed E-state index contributed by atoms with van der Waals surface area (Å²) in [6.45, 7) is 3.86. The lowest BCUT2D eigenvalue weighted by molar-refractivity contribution is 0.0459. The van der Waals surface area contributed by atoms with Crippen molar-refractivity contribution in [3.63, 3.8) is 0 Å². The fourth-order valence-corrected chi connectivity index (χ4v) is 1.46. The van der Waals surface area contributed by atoms with E-state index in [-0.39, 0.29) is 17.5 Å². The van der Waals surface area contributed by atoms with Crippen LogP contribution in [0, 0.1) is 5.92 Å². The topological polar surface area (TPSA) is 65.2 Å². The second-order valence-electron chi connectivity index (χ2n) is 3.70. The van der Waals surface area contributed by atoms with E-state index in [0.717, 1.165) is 0 Å². The predicted molar refractivity (Wildman–Crippen MR) is 58.6 cm³/mol. The van der Waals surface area contributed by atoms with E-state index in [0.29, 0.717) is 5.56 Å². The maximum absolute atomic E-state index is 12.0. The second kappa shape index (κ2) is 4.89. The Balaban J connectivity index is 2.98. The molecule has 1 rings (SSSR count). The first kappa shape index (κ1) is 11.7. The monoisotopic (exact) mass is 208 g/mol. The van der Waals surface area contributed by atoms with E-state index in [4.69, 9.17) is 10.5 Å². The van der Waals surface area contributed by atoms with Crippen LogP contribution in [0.3, 0.4) is 0 Å². The molecule has 1 heterocycles. The van der Waals surface area contributed by atoms with Crippen LogP contribution in [0.4, 0.5) is 5.82 Å². The highest BCUT2D eigenvalue weighted by Gasteiger charge is 2.24. The smallest absolute Gasteiger partial charge is 0.195 e. The summed E-state index contributed by atoms with van der Waals surface area (Å²) in [5, 5.41) is 0. The van der Waals surface area contributed by atoms with Gasteiger partial charge in [-0.15, -0.1) is 0 Å². The molecular formula is C11H16N2O2. The van der Waals surface area contributed by atoms with Crippen LogP contribution in [-0.2, 0) is 4.74 Å². The zero-order valence-corrected chi connectivity index (χ0v) is 9.23. The van der Waals surface area contributed by atoms with E-state index in [1.54, 1.807) is 18.3 Å². The molecule has 0 radical (unpaired) electrons.